The van der Waals surface area contributed by atoms with Gasteiger partial charge in [0.2, 0.25) is 5.91 Å². The van der Waals surface area contributed by atoms with Crippen molar-refractivity contribution in [2.75, 3.05) is 13.2 Å². The van der Waals surface area contributed by atoms with E-state index in [0.29, 0.717) is 12.8 Å². The number of allylic oxidation sites excluding steroid dienone is 2. The number of carboxylic acid groups (broad SMARTS) is 1. The van der Waals surface area contributed by atoms with Crippen LogP contribution in [0.5, 0.6) is 0 Å². The summed E-state index contributed by atoms with van der Waals surface area (Å²) >= 11 is 0. The van der Waals surface area contributed by atoms with Gasteiger partial charge in [-0.2, -0.15) is 0 Å². The summed E-state index contributed by atoms with van der Waals surface area (Å²) in [7, 11) is 0. The molecule has 5 heteroatoms. The second-order valence-corrected chi connectivity index (χ2v) is 5.22. The number of aliphatic carboxylic acids is 1. The van der Waals surface area contributed by atoms with Crippen molar-refractivity contribution in [1.29, 1.82) is 0 Å². The fourth-order valence-corrected chi connectivity index (χ4v) is 2.88. The quantitative estimate of drug-likeness (QED) is 0.697. The maximum absolute atomic E-state index is 12.7. The molecule has 2 N–H and O–H groups in total. The van der Waals surface area contributed by atoms with Crippen molar-refractivity contribution < 1.29 is 19.8 Å². The SMILES string of the molecule is CCC(CC)N(CCO)C(=O)[C@@H]1CC=CC[C@@H]1C(=O)O. The number of nitrogens with zero attached hydrogens (tertiary/aromatic N) is 1. The van der Waals surface area contributed by atoms with Crippen LogP contribution in [0.4, 0.5) is 0 Å². The zero-order chi connectivity index (χ0) is 15.1. The van der Waals surface area contributed by atoms with Gasteiger partial charge in [-0.15, -0.1) is 0 Å². The molecule has 0 aliphatic heterocycles. The van der Waals surface area contributed by atoms with E-state index in [-0.39, 0.29) is 25.1 Å². The molecule has 2 atom stereocenters. The Morgan fingerprint density at radius 3 is 2.20 bits per heavy atom. The molecule has 0 aromatic rings. The van der Waals surface area contributed by atoms with Gasteiger partial charge in [-0.05, 0) is 25.7 Å². The predicted molar refractivity (Wildman–Crippen MR) is 76.2 cm³/mol. The van der Waals surface area contributed by atoms with E-state index in [4.69, 9.17) is 0 Å². The van der Waals surface area contributed by atoms with Crippen LogP contribution in [0.15, 0.2) is 12.2 Å². The van der Waals surface area contributed by atoms with Crippen molar-refractivity contribution in [1.82, 2.24) is 4.90 Å². The van der Waals surface area contributed by atoms with Gasteiger partial charge in [-0.3, -0.25) is 9.59 Å². The molecule has 20 heavy (non-hydrogen) atoms. The Bertz CT molecular complexity index is 363. The zero-order valence-corrected chi connectivity index (χ0v) is 12.3. The van der Waals surface area contributed by atoms with Gasteiger partial charge in [0.15, 0.2) is 0 Å². The molecule has 0 aromatic carbocycles. The average Bonchev–Trinajstić information content (AvgIpc) is 2.46. The van der Waals surface area contributed by atoms with E-state index in [9.17, 15) is 19.8 Å². The van der Waals surface area contributed by atoms with Gasteiger partial charge >= 0.3 is 5.97 Å². The van der Waals surface area contributed by atoms with Gasteiger partial charge in [0, 0.05) is 12.6 Å². The summed E-state index contributed by atoms with van der Waals surface area (Å²) in [6.07, 6.45) is 6.20. The van der Waals surface area contributed by atoms with Crippen LogP contribution >= 0.6 is 0 Å². The fraction of sp³-hybridized carbons (Fsp3) is 0.733. The molecule has 1 amide bonds. The molecule has 0 spiro atoms. The van der Waals surface area contributed by atoms with E-state index in [1.807, 2.05) is 26.0 Å². The normalized spacial score (nSPS) is 22.0. The zero-order valence-electron chi connectivity index (χ0n) is 12.3. The lowest BCUT2D eigenvalue weighted by atomic mass is 9.81. The largest absolute Gasteiger partial charge is 0.481 e. The third kappa shape index (κ3) is 3.82. The smallest absolute Gasteiger partial charge is 0.307 e. The van der Waals surface area contributed by atoms with Crippen LogP contribution in [0.2, 0.25) is 0 Å². The van der Waals surface area contributed by atoms with Crippen LogP contribution in [-0.4, -0.2) is 46.2 Å². The fourth-order valence-electron chi connectivity index (χ4n) is 2.88. The summed E-state index contributed by atoms with van der Waals surface area (Å²) in [4.78, 5) is 25.7. The molecule has 114 valence electrons. The average molecular weight is 283 g/mol. The van der Waals surface area contributed by atoms with Gasteiger partial charge in [0.05, 0.1) is 18.4 Å². The van der Waals surface area contributed by atoms with Crippen molar-refractivity contribution in [2.45, 2.75) is 45.6 Å². The summed E-state index contributed by atoms with van der Waals surface area (Å²) in [5.74, 6) is -2.21. The van der Waals surface area contributed by atoms with Crippen LogP contribution in [0.25, 0.3) is 0 Å². The molecule has 0 fully saturated rings. The lowest BCUT2D eigenvalue weighted by molar-refractivity contribution is -0.152. The number of carboxylic acids is 1. The van der Waals surface area contributed by atoms with Gasteiger partial charge in [0.25, 0.3) is 0 Å². The van der Waals surface area contributed by atoms with Gasteiger partial charge in [-0.25, -0.2) is 0 Å². The van der Waals surface area contributed by atoms with Gasteiger partial charge in [0.1, 0.15) is 0 Å². The second kappa shape index (κ2) is 8.04. The number of aliphatic hydroxyl groups excluding tert-OH is 1. The maximum Gasteiger partial charge on any atom is 0.307 e. The second-order valence-electron chi connectivity index (χ2n) is 5.22. The molecule has 0 heterocycles. The number of amides is 1. The van der Waals surface area contributed by atoms with E-state index in [2.05, 4.69) is 0 Å². The monoisotopic (exact) mass is 283 g/mol. The van der Waals surface area contributed by atoms with Crippen LogP contribution in [0.3, 0.4) is 0 Å². The summed E-state index contributed by atoms with van der Waals surface area (Å²) < 4.78 is 0. The molecule has 0 bridgehead atoms. The Hall–Kier alpha value is -1.36. The summed E-state index contributed by atoms with van der Waals surface area (Å²) in [5, 5.41) is 18.4. The number of aliphatic hydroxyl groups is 1. The Morgan fingerprint density at radius 1 is 1.20 bits per heavy atom. The van der Waals surface area contributed by atoms with E-state index in [0.717, 1.165) is 12.8 Å². The highest BCUT2D eigenvalue weighted by molar-refractivity contribution is 5.85. The topological polar surface area (TPSA) is 77.8 Å². The molecule has 1 rings (SSSR count). The Kier molecular flexibility index (Phi) is 6.71. The van der Waals surface area contributed by atoms with Crippen LogP contribution in [0.1, 0.15) is 39.5 Å². The molecular weight excluding hydrogens is 258 g/mol. The first-order valence-corrected chi connectivity index (χ1v) is 7.35. The molecule has 1 aliphatic carbocycles. The van der Waals surface area contributed by atoms with Crippen molar-refractivity contribution in [3.05, 3.63) is 12.2 Å². The lowest BCUT2D eigenvalue weighted by Crippen LogP contribution is -2.47. The maximum atomic E-state index is 12.7. The summed E-state index contributed by atoms with van der Waals surface area (Å²) in [6.45, 7) is 4.18. The highest BCUT2D eigenvalue weighted by Crippen LogP contribution is 2.29. The Morgan fingerprint density at radius 2 is 1.75 bits per heavy atom. The van der Waals surface area contributed by atoms with Crippen molar-refractivity contribution in [3.63, 3.8) is 0 Å². The molecule has 0 saturated heterocycles. The Balaban J connectivity index is 2.92. The molecular formula is C15H25NO4. The third-order valence-electron chi connectivity index (χ3n) is 4.07. The number of carbonyl (C=O) groups excluding carboxylic acids is 1. The van der Waals surface area contributed by atoms with Crippen molar-refractivity contribution in [3.8, 4) is 0 Å². The minimum absolute atomic E-state index is 0.0648. The minimum Gasteiger partial charge on any atom is -0.481 e. The molecule has 0 unspecified atom stereocenters. The third-order valence-corrected chi connectivity index (χ3v) is 4.07. The number of hydrogen-bond acceptors (Lipinski definition) is 3. The highest BCUT2D eigenvalue weighted by atomic mass is 16.4. The first-order chi connectivity index (χ1) is 9.56. The summed E-state index contributed by atoms with van der Waals surface area (Å²) in [6, 6.07) is 0.0648. The van der Waals surface area contributed by atoms with Crippen LogP contribution in [-0.2, 0) is 9.59 Å². The molecule has 0 radical (unpaired) electrons. The first-order valence-electron chi connectivity index (χ1n) is 7.35. The van der Waals surface area contributed by atoms with Crippen molar-refractivity contribution in [2.24, 2.45) is 11.8 Å². The number of hydrogen-bond donors (Lipinski definition) is 2. The van der Waals surface area contributed by atoms with Crippen LogP contribution < -0.4 is 0 Å². The molecule has 1 aliphatic rings. The molecule has 0 saturated carbocycles. The highest BCUT2D eigenvalue weighted by Gasteiger charge is 2.37. The minimum atomic E-state index is -0.916. The predicted octanol–water partition coefficient (Wildman–Crippen LogP) is 1.66. The summed E-state index contributed by atoms with van der Waals surface area (Å²) in [5.41, 5.74) is 0. The number of carbonyl (C=O) groups is 2. The van der Waals surface area contributed by atoms with Gasteiger partial charge < -0.3 is 15.1 Å². The number of rotatable bonds is 7. The van der Waals surface area contributed by atoms with E-state index in [1.165, 1.54) is 0 Å². The van der Waals surface area contributed by atoms with E-state index < -0.39 is 17.8 Å². The van der Waals surface area contributed by atoms with E-state index >= 15 is 0 Å². The molecule has 0 aromatic heterocycles. The van der Waals surface area contributed by atoms with Gasteiger partial charge in [-0.1, -0.05) is 26.0 Å². The van der Waals surface area contributed by atoms with Crippen LogP contribution in [0, 0.1) is 11.8 Å². The van der Waals surface area contributed by atoms with Crippen molar-refractivity contribution >= 4 is 11.9 Å². The van der Waals surface area contributed by atoms with E-state index in [1.54, 1.807) is 4.90 Å². The first kappa shape index (κ1) is 16.7. The molecule has 5 nitrogen and oxygen atoms in total. The standard InChI is InChI=1S/C15H25NO4/c1-3-11(4-2)16(9-10-17)14(18)12-7-5-6-8-13(12)15(19)20/h5-6,11-13,17H,3-4,7-10H2,1-2H3,(H,19,20)/t12-,13+/m1/s1. The lowest BCUT2D eigenvalue weighted by Gasteiger charge is -2.35. The Labute approximate surface area is 120 Å².